The van der Waals surface area contributed by atoms with E-state index < -0.39 is 5.24 Å². The van der Waals surface area contributed by atoms with Gasteiger partial charge in [0.05, 0.1) is 18.7 Å². The van der Waals surface area contributed by atoms with Crippen molar-refractivity contribution in [1.29, 1.82) is 5.26 Å². The first-order valence-corrected chi connectivity index (χ1v) is 3.84. The van der Waals surface area contributed by atoms with Crippen molar-refractivity contribution < 1.29 is 9.53 Å². The molecular formula is C9H6ClNO2. The third kappa shape index (κ3) is 2.20. The van der Waals surface area contributed by atoms with Crippen LogP contribution in [0.15, 0.2) is 18.2 Å². The first-order valence-electron chi connectivity index (χ1n) is 3.46. The summed E-state index contributed by atoms with van der Waals surface area (Å²) in [4.78, 5) is 10.8. The summed E-state index contributed by atoms with van der Waals surface area (Å²) in [5, 5.41) is 8.00. The number of carbonyl (C=O) groups is 1. The SMILES string of the molecule is COc1cc(C#N)cc(C(=O)Cl)c1. The molecule has 0 aliphatic rings. The van der Waals surface area contributed by atoms with Gasteiger partial charge >= 0.3 is 0 Å². The van der Waals surface area contributed by atoms with Crippen LogP contribution < -0.4 is 4.74 Å². The summed E-state index contributed by atoms with van der Waals surface area (Å²) in [7, 11) is 1.46. The standard InChI is InChI=1S/C9H6ClNO2/c1-13-8-3-6(5-11)2-7(4-8)9(10)12/h2-4H,1H3. The van der Waals surface area contributed by atoms with Crippen molar-refractivity contribution in [3.8, 4) is 11.8 Å². The largest absolute Gasteiger partial charge is 0.497 e. The number of hydrogen-bond donors (Lipinski definition) is 0. The number of halogens is 1. The van der Waals surface area contributed by atoms with E-state index in [1.807, 2.05) is 6.07 Å². The Bertz CT molecular complexity index is 382. The van der Waals surface area contributed by atoms with Crippen molar-refractivity contribution in [2.45, 2.75) is 0 Å². The van der Waals surface area contributed by atoms with Crippen molar-refractivity contribution in [3.63, 3.8) is 0 Å². The van der Waals surface area contributed by atoms with Crippen LogP contribution in [0.1, 0.15) is 15.9 Å². The lowest BCUT2D eigenvalue weighted by atomic mass is 10.1. The summed E-state index contributed by atoms with van der Waals surface area (Å²) in [5.41, 5.74) is 0.612. The Hall–Kier alpha value is -1.53. The molecule has 66 valence electrons. The van der Waals surface area contributed by atoms with E-state index in [4.69, 9.17) is 21.6 Å². The highest BCUT2D eigenvalue weighted by Crippen LogP contribution is 2.17. The number of carbonyl (C=O) groups excluding carboxylic acids is 1. The van der Waals surface area contributed by atoms with Gasteiger partial charge in [0, 0.05) is 5.56 Å². The van der Waals surface area contributed by atoms with Crippen molar-refractivity contribution >= 4 is 16.8 Å². The van der Waals surface area contributed by atoms with Crippen LogP contribution in [-0.2, 0) is 0 Å². The number of ether oxygens (including phenoxy) is 1. The van der Waals surface area contributed by atoms with Crippen molar-refractivity contribution in [2.75, 3.05) is 7.11 Å². The zero-order valence-corrected chi connectivity index (χ0v) is 7.63. The second-order valence-corrected chi connectivity index (χ2v) is 2.68. The first-order chi connectivity index (χ1) is 6.17. The zero-order valence-electron chi connectivity index (χ0n) is 6.87. The monoisotopic (exact) mass is 195 g/mol. The van der Waals surface area contributed by atoms with Crippen LogP contribution >= 0.6 is 11.6 Å². The average Bonchev–Trinajstić information content (AvgIpc) is 2.16. The minimum atomic E-state index is -0.601. The topological polar surface area (TPSA) is 50.1 Å². The van der Waals surface area contributed by atoms with E-state index in [9.17, 15) is 4.79 Å². The second-order valence-electron chi connectivity index (χ2n) is 2.34. The van der Waals surface area contributed by atoms with Gasteiger partial charge < -0.3 is 4.74 Å². The van der Waals surface area contributed by atoms with Gasteiger partial charge in [-0.25, -0.2) is 0 Å². The summed E-state index contributed by atoms with van der Waals surface area (Å²) in [6.07, 6.45) is 0. The maximum Gasteiger partial charge on any atom is 0.252 e. The van der Waals surface area contributed by atoms with Crippen LogP contribution in [0, 0.1) is 11.3 Å². The molecule has 0 amide bonds. The molecule has 4 heteroatoms. The van der Waals surface area contributed by atoms with Crippen LogP contribution in [0.2, 0.25) is 0 Å². The van der Waals surface area contributed by atoms with Gasteiger partial charge in [0.15, 0.2) is 0 Å². The Labute approximate surface area is 80.5 Å². The molecule has 0 spiro atoms. The minimum Gasteiger partial charge on any atom is -0.497 e. The highest BCUT2D eigenvalue weighted by Gasteiger charge is 2.05. The first kappa shape index (κ1) is 9.56. The summed E-state index contributed by atoms with van der Waals surface area (Å²) >= 11 is 5.26. The van der Waals surface area contributed by atoms with E-state index in [2.05, 4.69) is 0 Å². The predicted molar refractivity (Wildman–Crippen MR) is 47.9 cm³/mol. The maximum atomic E-state index is 10.8. The molecule has 0 aliphatic heterocycles. The molecule has 0 aromatic heterocycles. The van der Waals surface area contributed by atoms with E-state index in [0.717, 1.165) is 0 Å². The fourth-order valence-corrected chi connectivity index (χ4v) is 1.00. The highest BCUT2D eigenvalue weighted by molar-refractivity contribution is 6.67. The number of rotatable bonds is 2. The van der Waals surface area contributed by atoms with Gasteiger partial charge in [0.25, 0.3) is 5.24 Å². The van der Waals surface area contributed by atoms with Crippen molar-refractivity contribution in [1.82, 2.24) is 0 Å². The smallest absolute Gasteiger partial charge is 0.252 e. The molecule has 3 nitrogen and oxygen atoms in total. The van der Waals surface area contributed by atoms with E-state index in [-0.39, 0.29) is 5.56 Å². The molecular weight excluding hydrogens is 190 g/mol. The number of nitriles is 1. The van der Waals surface area contributed by atoms with E-state index in [1.165, 1.54) is 25.3 Å². The molecule has 0 N–H and O–H groups in total. The summed E-state index contributed by atoms with van der Waals surface area (Å²) in [5.74, 6) is 0.447. The molecule has 1 aromatic carbocycles. The van der Waals surface area contributed by atoms with Crippen LogP contribution in [-0.4, -0.2) is 12.4 Å². The lowest BCUT2D eigenvalue weighted by molar-refractivity contribution is 0.108. The Morgan fingerprint density at radius 3 is 2.69 bits per heavy atom. The Kier molecular flexibility index (Phi) is 2.88. The fourth-order valence-electron chi connectivity index (χ4n) is 0.895. The highest BCUT2D eigenvalue weighted by atomic mass is 35.5. The van der Waals surface area contributed by atoms with Gasteiger partial charge in [-0.2, -0.15) is 5.26 Å². The quantitative estimate of drug-likeness (QED) is 0.678. The summed E-state index contributed by atoms with van der Waals surface area (Å²) < 4.78 is 4.89. The number of benzene rings is 1. The fraction of sp³-hybridized carbons (Fsp3) is 0.111. The summed E-state index contributed by atoms with van der Waals surface area (Å²) in [6.45, 7) is 0. The van der Waals surface area contributed by atoms with Crippen LogP contribution in [0.4, 0.5) is 0 Å². The van der Waals surface area contributed by atoms with Gasteiger partial charge in [0.2, 0.25) is 0 Å². The molecule has 1 rings (SSSR count). The van der Waals surface area contributed by atoms with Crippen LogP contribution in [0.3, 0.4) is 0 Å². The number of nitrogens with zero attached hydrogens (tertiary/aromatic N) is 1. The summed E-state index contributed by atoms with van der Waals surface area (Å²) in [6, 6.07) is 6.33. The third-order valence-electron chi connectivity index (χ3n) is 1.50. The molecule has 0 unspecified atom stereocenters. The third-order valence-corrected chi connectivity index (χ3v) is 1.72. The lowest BCUT2D eigenvalue weighted by Gasteiger charge is -2.01. The van der Waals surface area contributed by atoms with Crippen molar-refractivity contribution in [2.24, 2.45) is 0 Å². The average molecular weight is 196 g/mol. The van der Waals surface area contributed by atoms with E-state index >= 15 is 0 Å². The molecule has 0 heterocycles. The molecule has 0 bridgehead atoms. The maximum absolute atomic E-state index is 10.8. The van der Waals surface area contributed by atoms with Crippen LogP contribution in [0.5, 0.6) is 5.75 Å². The minimum absolute atomic E-state index is 0.262. The van der Waals surface area contributed by atoms with Gasteiger partial charge in [-0.3, -0.25) is 4.79 Å². The molecule has 0 atom stereocenters. The Morgan fingerprint density at radius 2 is 2.23 bits per heavy atom. The molecule has 0 saturated carbocycles. The number of methoxy groups -OCH3 is 1. The van der Waals surface area contributed by atoms with Crippen LogP contribution in [0.25, 0.3) is 0 Å². The van der Waals surface area contributed by atoms with Gasteiger partial charge in [-0.1, -0.05) is 0 Å². The molecule has 0 aliphatic carbocycles. The van der Waals surface area contributed by atoms with Gasteiger partial charge in [-0.05, 0) is 29.8 Å². The zero-order chi connectivity index (χ0) is 9.84. The van der Waals surface area contributed by atoms with Gasteiger partial charge in [-0.15, -0.1) is 0 Å². The van der Waals surface area contributed by atoms with Crippen molar-refractivity contribution in [3.05, 3.63) is 29.3 Å². The normalized spacial score (nSPS) is 9.00. The predicted octanol–water partition coefficient (Wildman–Crippen LogP) is 1.95. The number of hydrogen-bond acceptors (Lipinski definition) is 3. The molecule has 0 fully saturated rings. The van der Waals surface area contributed by atoms with E-state index in [0.29, 0.717) is 11.3 Å². The second kappa shape index (κ2) is 3.92. The lowest BCUT2D eigenvalue weighted by Crippen LogP contribution is -1.92. The van der Waals surface area contributed by atoms with E-state index in [1.54, 1.807) is 0 Å². The van der Waals surface area contributed by atoms with Gasteiger partial charge in [0.1, 0.15) is 5.75 Å². The molecule has 1 aromatic rings. The Morgan fingerprint density at radius 1 is 1.54 bits per heavy atom. The Balaban J connectivity index is 3.24. The molecule has 13 heavy (non-hydrogen) atoms. The molecule has 0 radical (unpaired) electrons. The molecule has 0 saturated heterocycles.